The largest absolute Gasteiger partial charge is 0.345 e. The molecule has 0 bridgehead atoms. The van der Waals surface area contributed by atoms with Gasteiger partial charge in [0.15, 0.2) is 0 Å². The van der Waals surface area contributed by atoms with Gasteiger partial charge in [-0.2, -0.15) is 4.98 Å². The summed E-state index contributed by atoms with van der Waals surface area (Å²) >= 11 is 11.6. The summed E-state index contributed by atoms with van der Waals surface area (Å²) in [6.07, 6.45) is 1.64. The zero-order chi connectivity index (χ0) is 12.3. The molecule has 2 rings (SSSR count). The van der Waals surface area contributed by atoms with Crippen molar-refractivity contribution in [2.75, 3.05) is 6.54 Å². The average Bonchev–Trinajstić information content (AvgIpc) is 2.68. The molecule has 0 fully saturated rings. The minimum absolute atomic E-state index is 0.0675. The van der Waals surface area contributed by atoms with E-state index in [1.807, 2.05) is 0 Å². The summed E-state index contributed by atoms with van der Waals surface area (Å²) in [7, 11) is 0. The van der Waals surface area contributed by atoms with Gasteiger partial charge in [0.1, 0.15) is 10.8 Å². The molecule has 0 amide bonds. The lowest BCUT2D eigenvalue weighted by Gasteiger charge is -1.94. The Morgan fingerprint density at radius 2 is 2.29 bits per heavy atom. The predicted molar refractivity (Wildman–Crippen MR) is 64.8 cm³/mol. The second-order valence-corrected chi connectivity index (χ2v) is 3.60. The molecule has 2 heterocycles. The van der Waals surface area contributed by atoms with Crippen LogP contribution in [-0.2, 0) is 0 Å². The number of aromatic amines is 1. The molecule has 0 aliphatic heterocycles. The Hall–Kier alpha value is -1.93. The van der Waals surface area contributed by atoms with Crippen LogP contribution in [-0.4, -0.2) is 21.5 Å². The van der Waals surface area contributed by atoms with Crippen LogP contribution in [0.4, 0.5) is 0 Å². The lowest BCUT2D eigenvalue weighted by Crippen LogP contribution is -1.85. The van der Waals surface area contributed by atoms with Crippen LogP contribution in [0.25, 0.3) is 21.5 Å². The van der Waals surface area contributed by atoms with Crippen molar-refractivity contribution in [1.82, 2.24) is 15.0 Å². The van der Waals surface area contributed by atoms with Gasteiger partial charge in [-0.3, -0.25) is 0 Å². The number of fused-ring (bicyclic) bond motifs is 1. The van der Waals surface area contributed by atoms with Gasteiger partial charge >= 0.3 is 0 Å². The topological polar surface area (TPSA) is 90.3 Å². The number of H-pyrrole nitrogens is 1. The fourth-order valence-corrected chi connectivity index (χ4v) is 1.75. The molecule has 84 valence electrons. The van der Waals surface area contributed by atoms with E-state index in [2.05, 4.69) is 36.8 Å². The Labute approximate surface area is 106 Å². The van der Waals surface area contributed by atoms with Crippen molar-refractivity contribution in [1.29, 1.82) is 0 Å². The van der Waals surface area contributed by atoms with Crippen LogP contribution in [0.2, 0.25) is 10.4 Å². The van der Waals surface area contributed by atoms with Crippen LogP contribution < -0.4 is 0 Å². The highest BCUT2D eigenvalue weighted by molar-refractivity contribution is 6.36. The summed E-state index contributed by atoms with van der Waals surface area (Å²) in [5.74, 6) is 5.49. The minimum atomic E-state index is 0.0675. The number of hydrogen-bond acceptors (Lipinski definition) is 3. The number of halogens is 2. The molecule has 2 aromatic rings. The first-order valence-corrected chi connectivity index (χ1v) is 5.18. The van der Waals surface area contributed by atoms with E-state index in [1.165, 1.54) is 0 Å². The van der Waals surface area contributed by atoms with Crippen molar-refractivity contribution in [3.8, 4) is 11.8 Å². The van der Waals surface area contributed by atoms with E-state index in [-0.39, 0.29) is 17.0 Å². The molecule has 0 unspecified atom stereocenters. The molecular formula is C9H4Cl2N6. The van der Waals surface area contributed by atoms with E-state index >= 15 is 0 Å². The quantitative estimate of drug-likeness (QED) is 0.215. The maximum atomic E-state index is 8.10. The molecule has 0 atom stereocenters. The molecule has 0 aliphatic rings. The first kappa shape index (κ1) is 11.6. The molecule has 0 saturated heterocycles. The fraction of sp³-hybridized carbons (Fsp3) is 0.111. The van der Waals surface area contributed by atoms with Crippen molar-refractivity contribution in [3.63, 3.8) is 0 Å². The highest BCUT2D eigenvalue weighted by Crippen LogP contribution is 2.24. The first-order valence-electron chi connectivity index (χ1n) is 4.42. The standard InChI is InChI=1S/C9H4Cl2N6/c10-7-6-5(2-1-3-14-17-12)4-13-8(6)16-9(11)15-7/h4H,3H2,(H,13,15,16). The molecule has 0 spiro atoms. The summed E-state index contributed by atoms with van der Waals surface area (Å²) in [4.78, 5) is 13.3. The Bertz CT molecular complexity index is 674. The molecule has 17 heavy (non-hydrogen) atoms. The third-order valence-electron chi connectivity index (χ3n) is 1.90. The first-order chi connectivity index (χ1) is 8.22. The average molecular weight is 267 g/mol. The number of nitrogens with zero attached hydrogens (tertiary/aromatic N) is 5. The van der Waals surface area contributed by atoms with Crippen LogP contribution in [0, 0.1) is 11.8 Å². The van der Waals surface area contributed by atoms with Crippen molar-refractivity contribution in [2.24, 2.45) is 5.11 Å². The number of nitrogens with one attached hydrogen (secondary N) is 1. The molecule has 0 saturated carbocycles. The Morgan fingerprint density at radius 3 is 3.06 bits per heavy atom. The summed E-state index contributed by atoms with van der Waals surface area (Å²) in [6.45, 7) is 0.0925. The van der Waals surface area contributed by atoms with Gasteiger partial charge in [-0.15, -0.1) is 0 Å². The maximum Gasteiger partial charge on any atom is 0.225 e. The van der Waals surface area contributed by atoms with Crippen LogP contribution in [0.15, 0.2) is 11.3 Å². The zero-order valence-electron chi connectivity index (χ0n) is 8.28. The number of aromatic nitrogens is 3. The summed E-state index contributed by atoms with van der Waals surface area (Å²) in [5.41, 5.74) is 9.25. The van der Waals surface area contributed by atoms with Gasteiger partial charge < -0.3 is 4.98 Å². The summed E-state index contributed by atoms with van der Waals surface area (Å²) < 4.78 is 0. The van der Waals surface area contributed by atoms with E-state index < -0.39 is 0 Å². The van der Waals surface area contributed by atoms with Crippen molar-refractivity contribution >= 4 is 34.2 Å². The Morgan fingerprint density at radius 1 is 1.47 bits per heavy atom. The van der Waals surface area contributed by atoms with Gasteiger partial charge in [-0.1, -0.05) is 28.6 Å². The summed E-state index contributed by atoms with van der Waals surface area (Å²) in [6, 6.07) is 0. The number of azide groups is 1. The third-order valence-corrected chi connectivity index (χ3v) is 2.34. The molecule has 2 aromatic heterocycles. The third kappa shape index (κ3) is 2.43. The Balaban J connectivity index is 2.48. The molecule has 0 aliphatic carbocycles. The number of hydrogen-bond donors (Lipinski definition) is 1. The van der Waals surface area contributed by atoms with Gasteiger partial charge in [0.2, 0.25) is 5.28 Å². The Kier molecular flexibility index (Phi) is 3.35. The van der Waals surface area contributed by atoms with Gasteiger partial charge in [-0.05, 0) is 17.1 Å². The van der Waals surface area contributed by atoms with Crippen LogP contribution in [0.1, 0.15) is 5.56 Å². The molecule has 0 radical (unpaired) electrons. The van der Waals surface area contributed by atoms with Gasteiger partial charge in [0, 0.05) is 11.1 Å². The normalized spacial score (nSPS) is 9.53. The maximum absolute atomic E-state index is 8.10. The lowest BCUT2D eigenvalue weighted by molar-refractivity contribution is 1.20. The van der Waals surface area contributed by atoms with E-state index in [1.54, 1.807) is 6.20 Å². The molecule has 8 heteroatoms. The zero-order valence-corrected chi connectivity index (χ0v) is 9.79. The van der Waals surface area contributed by atoms with Crippen LogP contribution in [0.3, 0.4) is 0 Å². The second kappa shape index (κ2) is 4.93. The minimum Gasteiger partial charge on any atom is -0.345 e. The van der Waals surface area contributed by atoms with Crippen molar-refractivity contribution in [2.45, 2.75) is 0 Å². The van der Waals surface area contributed by atoms with E-state index in [0.29, 0.717) is 16.6 Å². The van der Waals surface area contributed by atoms with E-state index in [4.69, 9.17) is 28.7 Å². The molecule has 1 N–H and O–H groups in total. The monoisotopic (exact) mass is 266 g/mol. The van der Waals surface area contributed by atoms with Crippen LogP contribution >= 0.6 is 23.2 Å². The van der Waals surface area contributed by atoms with E-state index in [0.717, 1.165) is 0 Å². The second-order valence-electron chi connectivity index (χ2n) is 2.90. The van der Waals surface area contributed by atoms with Gasteiger partial charge in [-0.25, -0.2) is 4.98 Å². The van der Waals surface area contributed by atoms with Crippen molar-refractivity contribution < 1.29 is 0 Å². The van der Waals surface area contributed by atoms with Gasteiger partial charge in [0.25, 0.3) is 0 Å². The highest BCUT2D eigenvalue weighted by atomic mass is 35.5. The highest BCUT2D eigenvalue weighted by Gasteiger charge is 2.09. The number of rotatable bonds is 1. The smallest absolute Gasteiger partial charge is 0.225 e. The summed E-state index contributed by atoms with van der Waals surface area (Å²) in [5, 5.41) is 4.20. The fourth-order valence-electron chi connectivity index (χ4n) is 1.26. The van der Waals surface area contributed by atoms with E-state index in [9.17, 15) is 0 Å². The molecule has 0 aromatic carbocycles. The van der Waals surface area contributed by atoms with Gasteiger partial charge in [0.05, 0.1) is 17.5 Å². The SMILES string of the molecule is [N-]=[N+]=NCC#Cc1c[nH]c2nc(Cl)nc(Cl)c12. The van der Waals surface area contributed by atoms with Crippen LogP contribution in [0.5, 0.6) is 0 Å². The lowest BCUT2D eigenvalue weighted by atomic mass is 10.2. The van der Waals surface area contributed by atoms with Crippen molar-refractivity contribution in [3.05, 3.63) is 32.6 Å². The molecule has 6 nitrogen and oxygen atoms in total. The molecular weight excluding hydrogens is 263 g/mol. The predicted octanol–water partition coefficient (Wildman–Crippen LogP) is 2.93.